The molecule has 0 spiro atoms. The maximum atomic E-state index is 12.0. The minimum Gasteiger partial charge on any atom is -0.326 e. The largest absolute Gasteiger partial charge is 0.326 e. The number of halogens is 2. The Labute approximate surface area is 145 Å². The van der Waals surface area contributed by atoms with Gasteiger partial charge in [0.25, 0.3) is 0 Å². The van der Waals surface area contributed by atoms with E-state index in [2.05, 4.69) is 5.32 Å². The number of carbonyl (C=O) groups excluding carboxylic acids is 1. The molecule has 7 heteroatoms. The maximum Gasteiger partial charge on any atom is 0.225 e. The number of sulfone groups is 1. The predicted molar refractivity (Wildman–Crippen MR) is 93.6 cm³/mol. The van der Waals surface area contributed by atoms with Crippen molar-refractivity contribution in [2.24, 2.45) is 0 Å². The lowest BCUT2D eigenvalue weighted by molar-refractivity contribution is -0.115. The number of nitrogens with one attached hydrogen (secondary N) is 1. The summed E-state index contributed by atoms with van der Waals surface area (Å²) in [5, 5.41) is 3.30. The summed E-state index contributed by atoms with van der Waals surface area (Å²) in [6.45, 7) is 0. The SMILES string of the molecule is O=C(CCS(=O)(=O)Cc1ccccc1)Nc1ccc(Cl)c(Cl)c1. The number of rotatable bonds is 6. The molecule has 0 heterocycles. The van der Waals surface area contributed by atoms with Crippen LogP contribution in [0.25, 0.3) is 0 Å². The van der Waals surface area contributed by atoms with Gasteiger partial charge in [-0.3, -0.25) is 4.79 Å². The predicted octanol–water partition coefficient (Wildman–Crippen LogP) is 3.94. The van der Waals surface area contributed by atoms with Crippen LogP contribution >= 0.6 is 23.2 Å². The van der Waals surface area contributed by atoms with Crippen LogP contribution in [0.15, 0.2) is 48.5 Å². The number of hydrogen-bond donors (Lipinski definition) is 1. The molecule has 1 amide bonds. The van der Waals surface area contributed by atoms with Crippen molar-refractivity contribution < 1.29 is 13.2 Å². The Balaban J connectivity index is 1.89. The molecule has 0 bridgehead atoms. The van der Waals surface area contributed by atoms with Crippen molar-refractivity contribution in [2.45, 2.75) is 12.2 Å². The van der Waals surface area contributed by atoms with Gasteiger partial charge in [-0.05, 0) is 23.8 Å². The van der Waals surface area contributed by atoms with Crippen molar-refractivity contribution in [3.05, 3.63) is 64.1 Å². The van der Waals surface area contributed by atoms with Crippen LogP contribution in [0.5, 0.6) is 0 Å². The molecule has 0 aromatic heterocycles. The van der Waals surface area contributed by atoms with E-state index < -0.39 is 9.84 Å². The highest BCUT2D eigenvalue weighted by molar-refractivity contribution is 7.90. The van der Waals surface area contributed by atoms with Gasteiger partial charge in [0.15, 0.2) is 9.84 Å². The van der Waals surface area contributed by atoms with Crippen molar-refractivity contribution in [1.29, 1.82) is 0 Å². The molecule has 2 aromatic rings. The van der Waals surface area contributed by atoms with Crippen molar-refractivity contribution in [1.82, 2.24) is 0 Å². The third-order valence-electron chi connectivity index (χ3n) is 3.07. The summed E-state index contributed by atoms with van der Waals surface area (Å²) in [5.41, 5.74) is 1.18. The van der Waals surface area contributed by atoms with Gasteiger partial charge < -0.3 is 5.32 Å². The van der Waals surface area contributed by atoms with Gasteiger partial charge in [-0.25, -0.2) is 8.42 Å². The third-order valence-corrected chi connectivity index (χ3v) is 5.41. The number of anilines is 1. The molecule has 0 aliphatic carbocycles. The highest BCUT2D eigenvalue weighted by atomic mass is 35.5. The molecule has 0 atom stereocenters. The number of hydrogen-bond acceptors (Lipinski definition) is 3. The molecule has 0 aliphatic heterocycles. The molecule has 0 unspecified atom stereocenters. The van der Waals surface area contributed by atoms with Gasteiger partial charge in [0.05, 0.1) is 21.6 Å². The van der Waals surface area contributed by atoms with E-state index in [1.54, 1.807) is 36.4 Å². The summed E-state index contributed by atoms with van der Waals surface area (Å²) in [4.78, 5) is 11.9. The molecule has 0 aliphatic rings. The summed E-state index contributed by atoms with van der Waals surface area (Å²) in [7, 11) is -3.34. The molecular weight excluding hydrogens is 357 g/mol. The second kappa shape index (κ2) is 7.81. The minimum atomic E-state index is -3.34. The van der Waals surface area contributed by atoms with E-state index in [-0.39, 0.29) is 23.8 Å². The molecule has 2 aromatic carbocycles. The van der Waals surface area contributed by atoms with Crippen LogP contribution in [0.1, 0.15) is 12.0 Å². The topological polar surface area (TPSA) is 63.2 Å². The van der Waals surface area contributed by atoms with Gasteiger partial charge in [0, 0.05) is 12.1 Å². The molecular formula is C16H15Cl2NO3S. The normalized spacial score (nSPS) is 11.2. The summed E-state index contributed by atoms with van der Waals surface area (Å²) in [5.74, 6) is -0.678. The first-order valence-electron chi connectivity index (χ1n) is 6.85. The first-order chi connectivity index (χ1) is 10.9. The van der Waals surface area contributed by atoms with Gasteiger partial charge >= 0.3 is 0 Å². The van der Waals surface area contributed by atoms with Crippen LogP contribution in [0.2, 0.25) is 10.0 Å². The van der Waals surface area contributed by atoms with Crippen molar-refractivity contribution >= 4 is 44.6 Å². The zero-order valence-corrected chi connectivity index (χ0v) is 14.5. The third kappa shape index (κ3) is 5.86. The average molecular weight is 372 g/mol. The molecule has 0 saturated heterocycles. The second-order valence-electron chi connectivity index (χ2n) is 5.00. The summed E-state index contributed by atoms with van der Waals surface area (Å²) >= 11 is 11.6. The highest BCUT2D eigenvalue weighted by Gasteiger charge is 2.15. The van der Waals surface area contributed by atoms with E-state index in [1.807, 2.05) is 6.07 Å². The van der Waals surface area contributed by atoms with Crippen LogP contribution in [0, 0.1) is 0 Å². The smallest absolute Gasteiger partial charge is 0.225 e. The Morgan fingerprint density at radius 1 is 1.00 bits per heavy atom. The monoisotopic (exact) mass is 371 g/mol. The quantitative estimate of drug-likeness (QED) is 0.836. The summed E-state index contributed by atoms with van der Waals surface area (Å²) in [6, 6.07) is 13.5. The average Bonchev–Trinajstić information content (AvgIpc) is 2.50. The van der Waals surface area contributed by atoms with E-state index in [4.69, 9.17) is 23.2 Å². The zero-order valence-electron chi connectivity index (χ0n) is 12.1. The van der Waals surface area contributed by atoms with Crippen molar-refractivity contribution in [3.8, 4) is 0 Å². The lowest BCUT2D eigenvalue weighted by Gasteiger charge is -2.07. The van der Waals surface area contributed by atoms with E-state index >= 15 is 0 Å². The number of amides is 1. The fourth-order valence-electron chi connectivity index (χ4n) is 1.95. The van der Waals surface area contributed by atoms with Gasteiger partial charge in [0.2, 0.25) is 5.91 Å². The Bertz CT molecular complexity index is 792. The number of benzene rings is 2. The molecule has 0 saturated carbocycles. The number of carbonyl (C=O) groups is 1. The molecule has 4 nitrogen and oxygen atoms in total. The van der Waals surface area contributed by atoms with Crippen molar-refractivity contribution in [3.63, 3.8) is 0 Å². The van der Waals surface area contributed by atoms with Crippen LogP contribution in [0.3, 0.4) is 0 Å². The van der Waals surface area contributed by atoms with Gasteiger partial charge in [-0.15, -0.1) is 0 Å². The minimum absolute atomic E-state index is 0.0755. The van der Waals surface area contributed by atoms with E-state index in [9.17, 15) is 13.2 Å². The zero-order chi connectivity index (χ0) is 16.9. The van der Waals surface area contributed by atoms with E-state index in [1.165, 1.54) is 6.07 Å². The maximum absolute atomic E-state index is 12.0. The Kier molecular flexibility index (Phi) is 6.04. The highest BCUT2D eigenvalue weighted by Crippen LogP contribution is 2.25. The first kappa shape index (κ1) is 17.8. The molecule has 0 radical (unpaired) electrons. The lowest BCUT2D eigenvalue weighted by Crippen LogP contribution is -2.18. The molecule has 23 heavy (non-hydrogen) atoms. The molecule has 1 N–H and O–H groups in total. The van der Waals surface area contributed by atoms with Gasteiger partial charge in [-0.1, -0.05) is 53.5 Å². The van der Waals surface area contributed by atoms with E-state index in [0.717, 1.165) is 0 Å². The summed E-state index contributed by atoms with van der Waals surface area (Å²) in [6.07, 6.45) is -0.116. The summed E-state index contributed by atoms with van der Waals surface area (Å²) < 4.78 is 24.1. The lowest BCUT2D eigenvalue weighted by atomic mass is 10.2. The second-order valence-corrected chi connectivity index (χ2v) is 8.00. The molecule has 2 rings (SSSR count). The van der Waals surface area contributed by atoms with Crippen LogP contribution in [0.4, 0.5) is 5.69 Å². The van der Waals surface area contributed by atoms with Crippen LogP contribution < -0.4 is 5.32 Å². The molecule has 0 fully saturated rings. The van der Waals surface area contributed by atoms with Crippen molar-refractivity contribution in [2.75, 3.05) is 11.1 Å². The Hall–Kier alpha value is -1.56. The van der Waals surface area contributed by atoms with E-state index in [0.29, 0.717) is 21.3 Å². The standard InChI is InChI=1S/C16H15Cl2NO3S/c17-14-7-6-13(10-15(14)18)19-16(20)8-9-23(21,22)11-12-4-2-1-3-5-12/h1-7,10H,8-9,11H2,(H,19,20). The van der Waals surface area contributed by atoms with Gasteiger partial charge in [0.1, 0.15) is 0 Å². The fraction of sp³-hybridized carbons (Fsp3) is 0.188. The first-order valence-corrected chi connectivity index (χ1v) is 9.43. The Morgan fingerprint density at radius 3 is 2.35 bits per heavy atom. The van der Waals surface area contributed by atoms with Gasteiger partial charge in [-0.2, -0.15) is 0 Å². The Morgan fingerprint density at radius 2 is 1.70 bits per heavy atom. The fourth-order valence-corrected chi connectivity index (χ4v) is 3.59. The molecule has 122 valence electrons. The van der Waals surface area contributed by atoms with Crippen LogP contribution in [-0.2, 0) is 20.4 Å². The van der Waals surface area contributed by atoms with Crippen LogP contribution in [-0.4, -0.2) is 20.1 Å².